The third kappa shape index (κ3) is 3.41. The number of benzene rings is 4. The Morgan fingerprint density at radius 2 is 1.05 bits per heavy atom. The van der Waals surface area contributed by atoms with Crippen LogP contribution in [-0.4, -0.2) is 24.5 Å². The van der Waals surface area contributed by atoms with Crippen LogP contribution < -0.4 is 0 Å². The molecule has 1 aliphatic carbocycles. The molecule has 0 fully saturated rings. The van der Waals surface area contributed by atoms with Crippen LogP contribution in [0.25, 0.3) is 73.1 Å². The average Bonchev–Trinajstić information content (AvgIpc) is 3.36. The number of nitrogens with zero attached hydrogens (tertiary/aromatic N) is 5. The smallest absolute Gasteiger partial charge is 0.238 e. The van der Waals surface area contributed by atoms with Gasteiger partial charge in [-0.05, 0) is 28.8 Å². The molecule has 0 N–H and O–H groups in total. The van der Waals surface area contributed by atoms with Gasteiger partial charge in [0.15, 0.2) is 11.6 Å². The molecule has 0 saturated heterocycles. The van der Waals surface area contributed by atoms with Crippen molar-refractivity contribution < 1.29 is 0 Å². The van der Waals surface area contributed by atoms with Crippen molar-refractivity contribution in [3.05, 3.63) is 128 Å². The average molecular weight is 500 g/mol. The molecule has 0 unspecified atom stereocenters. The minimum atomic E-state index is 0.572. The van der Waals surface area contributed by atoms with Crippen LogP contribution in [0.15, 0.2) is 128 Å². The molecule has 0 amide bonds. The number of hydrogen-bond acceptors (Lipinski definition) is 4. The summed E-state index contributed by atoms with van der Waals surface area (Å²) >= 11 is 0. The molecule has 4 aromatic carbocycles. The van der Waals surface area contributed by atoms with Crippen LogP contribution in [0.5, 0.6) is 0 Å². The highest BCUT2D eigenvalue weighted by Crippen LogP contribution is 2.47. The molecule has 0 bridgehead atoms. The Hall–Kier alpha value is -5.42. The summed E-state index contributed by atoms with van der Waals surface area (Å²) in [4.78, 5) is 19.7. The molecule has 0 aliphatic heterocycles. The van der Waals surface area contributed by atoms with Crippen molar-refractivity contribution >= 4 is 10.9 Å². The third-order valence-electron chi connectivity index (χ3n) is 7.30. The molecule has 1 aliphatic rings. The van der Waals surface area contributed by atoms with E-state index in [4.69, 9.17) is 19.9 Å². The lowest BCUT2D eigenvalue weighted by Gasteiger charge is -2.12. The second-order valence-corrected chi connectivity index (χ2v) is 9.57. The van der Waals surface area contributed by atoms with Gasteiger partial charge in [-0.3, -0.25) is 9.55 Å². The molecular weight excluding hydrogens is 478 g/mol. The van der Waals surface area contributed by atoms with E-state index in [0.717, 1.165) is 38.9 Å². The van der Waals surface area contributed by atoms with Gasteiger partial charge in [0.2, 0.25) is 5.95 Å². The van der Waals surface area contributed by atoms with E-state index in [-0.39, 0.29) is 0 Å². The normalized spacial score (nSPS) is 11.6. The molecule has 0 atom stereocenters. The van der Waals surface area contributed by atoms with E-state index >= 15 is 0 Å². The van der Waals surface area contributed by atoms with Gasteiger partial charge in [-0.2, -0.15) is 9.97 Å². The zero-order valence-corrected chi connectivity index (χ0v) is 20.9. The third-order valence-corrected chi connectivity index (χ3v) is 7.30. The molecule has 0 radical (unpaired) electrons. The number of pyridine rings is 1. The summed E-state index contributed by atoms with van der Waals surface area (Å²) < 4.78 is 2.08. The first-order valence-corrected chi connectivity index (χ1v) is 12.9. The van der Waals surface area contributed by atoms with Crippen molar-refractivity contribution in [3.8, 4) is 62.2 Å². The predicted octanol–water partition coefficient (Wildman–Crippen LogP) is 7.86. The Morgan fingerprint density at radius 1 is 0.462 bits per heavy atom. The first-order valence-electron chi connectivity index (χ1n) is 12.9. The fourth-order valence-electron chi connectivity index (χ4n) is 5.55. The van der Waals surface area contributed by atoms with E-state index in [0.29, 0.717) is 17.6 Å². The van der Waals surface area contributed by atoms with Crippen molar-refractivity contribution in [2.45, 2.75) is 0 Å². The molecule has 3 aromatic heterocycles. The zero-order chi connectivity index (χ0) is 25.8. The Labute approximate surface area is 225 Å². The van der Waals surface area contributed by atoms with Crippen LogP contribution in [0.3, 0.4) is 0 Å². The van der Waals surface area contributed by atoms with Crippen LogP contribution in [0.4, 0.5) is 0 Å². The van der Waals surface area contributed by atoms with E-state index in [1.807, 2.05) is 72.9 Å². The highest BCUT2D eigenvalue weighted by molar-refractivity contribution is 6.12. The summed E-state index contributed by atoms with van der Waals surface area (Å²) in [6, 6.07) is 39.3. The molecule has 0 spiro atoms. The van der Waals surface area contributed by atoms with Gasteiger partial charge in [0, 0.05) is 40.0 Å². The summed E-state index contributed by atoms with van der Waals surface area (Å²) in [7, 11) is 0. The van der Waals surface area contributed by atoms with Crippen molar-refractivity contribution in [2.75, 3.05) is 0 Å². The highest BCUT2D eigenvalue weighted by atomic mass is 15.2. The first-order chi connectivity index (χ1) is 19.3. The van der Waals surface area contributed by atoms with Gasteiger partial charge >= 0.3 is 0 Å². The monoisotopic (exact) mass is 499 g/mol. The predicted molar refractivity (Wildman–Crippen MR) is 155 cm³/mol. The van der Waals surface area contributed by atoms with Gasteiger partial charge in [-0.15, -0.1) is 0 Å². The zero-order valence-electron chi connectivity index (χ0n) is 20.9. The fourth-order valence-corrected chi connectivity index (χ4v) is 5.55. The summed E-state index contributed by atoms with van der Waals surface area (Å²) in [5.74, 6) is 1.84. The first kappa shape index (κ1) is 21.6. The molecule has 5 nitrogen and oxygen atoms in total. The largest absolute Gasteiger partial charge is 0.285 e. The molecule has 8 rings (SSSR count). The van der Waals surface area contributed by atoms with Gasteiger partial charge in [-0.25, -0.2) is 4.98 Å². The Bertz CT molecular complexity index is 1950. The topological polar surface area (TPSA) is 56.5 Å². The molecule has 182 valence electrons. The van der Waals surface area contributed by atoms with E-state index in [1.165, 1.54) is 16.7 Å². The van der Waals surface area contributed by atoms with E-state index in [2.05, 4.69) is 59.3 Å². The molecule has 0 saturated carbocycles. The Kier molecular flexibility index (Phi) is 4.76. The van der Waals surface area contributed by atoms with E-state index in [1.54, 1.807) is 0 Å². The molecule has 3 heterocycles. The SMILES string of the molecule is c1ccc(-c2nc(-c3ccccc3)nc(-n3cc4c5c(cccc53)-c3ccccc3-c3cccnc3-4)n2)cc1. The van der Waals surface area contributed by atoms with Crippen LogP contribution >= 0.6 is 0 Å². The lowest BCUT2D eigenvalue weighted by molar-refractivity contribution is 0.933. The summed E-state index contributed by atoms with van der Waals surface area (Å²) in [5, 5.41) is 1.14. The quantitative estimate of drug-likeness (QED) is 0.248. The summed E-state index contributed by atoms with van der Waals surface area (Å²) in [6.45, 7) is 0. The minimum absolute atomic E-state index is 0.572. The lowest BCUT2D eigenvalue weighted by atomic mass is 9.95. The van der Waals surface area contributed by atoms with Gasteiger partial charge in [0.05, 0.1) is 11.2 Å². The number of hydrogen-bond donors (Lipinski definition) is 0. The fraction of sp³-hybridized carbons (Fsp3) is 0. The van der Waals surface area contributed by atoms with Gasteiger partial charge < -0.3 is 0 Å². The molecule has 39 heavy (non-hydrogen) atoms. The van der Waals surface area contributed by atoms with E-state index in [9.17, 15) is 0 Å². The Morgan fingerprint density at radius 3 is 1.74 bits per heavy atom. The van der Waals surface area contributed by atoms with Gasteiger partial charge in [0.1, 0.15) is 0 Å². The summed E-state index contributed by atoms with van der Waals surface area (Å²) in [6.07, 6.45) is 3.99. The van der Waals surface area contributed by atoms with Crippen LogP contribution in [0, 0.1) is 0 Å². The number of aromatic nitrogens is 5. The molecule has 5 heteroatoms. The standard InChI is InChI=1S/C34H21N5/c1-3-11-22(12-4-1)32-36-33(23-13-5-2-6-14-23)38-34(37-32)39-21-28-30-26(17-9-19-29(30)39)24-15-7-8-16-25(24)27-18-10-20-35-31(27)28/h1-21H. The summed E-state index contributed by atoms with van der Waals surface area (Å²) in [5.41, 5.74) is 9.61. The minimum Gasteiger partial charge on any atom is -0.285 e. The second-order valence-electron chi connectivity index (χ2n) is 9.57. The van der Waals surface area contributed by atoms with Crippen molar-refractivity contribution in [1.82, 2.24) is 24.5 Å². The maximum absolute atomic E-state index is 4.99. The van der Waals surface area contributed by atoms with Crippen LogP contribution in [0.2, 0.25) is 0 Å². The van der Waals surface area contributed by atoms with E-state index < -0.39 is 0 Å². The number of fused-ring (bicyclic) bond motifs is 5. The van der Waals surface area contributed by atoms with Crippen LogP contribution in [0.1, 0.15) is 0 Å². The number of rotatable bonds is 3. The molecule has 7 aromatic rings. The van der Waals surface area contributed by atoms with Gasteiger partial charge in [-0.1, -0.05) is 103 Å². The second kappa shape index (κ2) is 8.57. The van der Waals surface area contributed by atoms with Crippen molar-refractivity contribution in [1.29, 1.82) is 0 Å². The highest BCUT2D eigenvalue weighted by Gasteiger charge is 2.25. The Balaban J connectivity index is 1.45. The maximum atomic E-state index is 4.99. The van der Waals surface area contributed by atoms with Crippen molar-refractivity contribution in [2.24, 2.45) is 0 Å². The van der Waals surface area contributed by atoms with Gasteiger partial charge in [0.25, 0.3) is 0 Å². The van der Waals surface area contributed by atoms with Crippen LogP contribution in [-0.2, 0) is 0 Å². The van der Waals surface area contributed by atoms with Crippen molar-refractivity contribution in [3.63, 3.8) is 0 Å². The maximum Gasteiger partial charge on any atom is 0.238 e. The lowest BCUT2D eigenvalue weighted by Crippen LogP contribution is -2.05. The molecular formula is C34H21N5.